The second-order valence-electron chi connectivity index (χ2n) is 5.68. The van der Waals surface area contributed by atoms with Gasteiger partial charge in [-0.1, -0.05) is 26.8 Å². The summed E-state index contributed by atoms with van der Waals surface area (Å²) in [5, 5.41) is 0. The van der Waals surface area contributed by atoms with E-state index >= 15 is 0 Å². The first-order chi connectivity index (χ1) is 8.15. The predicted octanol–water partition coefficient (Wildman–Crippen LogP) is 3.71. The molecule has 0 spiro atoms. The van der Waals surface area contributed by atoms with Gasteiger partial charge in [0.25, 0.3) is 0 Å². The van der Waals surface area contributed by atoms with Crippen LogP contribution in [0.4, 0.5) is 0 Å². The molecule has 0 amide bonds. The molecule has 0 aliphatic heterocycles. The lowest BCUT2D eigenvalue weighted by atomic mass is 9.73. The first-order valence-electron chi connectivity index (χ1n) is 7.00. The summed E-state index contributed by atoms with van der Waals surface area (Å²) in [6.07, 6.45) is 8.50. The molecule has 3 atom stereocenters. The highest BCUT2D eigenvalue weighted by Crippen LogP contribution is 2.54. The fourth-order valence-electron chi connectivity index (χ4n) is 4.13. The van der Waals surface area contributed by atoms with Crippen molar-refractivity contribution in [1.29, 1.82) is 0 Å². The number of hydrogen-bond donors (Lipinski definition) is 0. The van der Waals surface area contributed by atoms with E-state index in [1.54, 1.807) is 0 Å². The molecule has 2 fully saturated rings. The average molecular weight is 236 g/mol. The molecule has 3 unspecified atom stereocenters. The molecule has 0 saturated heterocycles. The maximum Gasteiger partial charge on any atom is 0.330 e. The smallest absolute Gasteiger partial charge is 0.330 e. The van der Waals surface area contributed by atoms with Crippen molar-refractivity contribution in [1.82, 2.24) is 0 Å². The number of rotatable bonds is 5. The Hall–Kier alpha value is -0.790. The van der Waals surface area contributed by atoms with Crippen LogP contribution in [0, 0.1) is 17.8 Å². The molecule has 2 nitrogen and oxygen atoms in total. The van der Waals surface area contributed by atoms with E-state index in [4.69, 9.17) is 4.74 Å². The lowest BCUT2D eigenvalue weighted by molar-refractivity contribution is -0.164. The van der Waals surface area contributed by atoms with Crippen molar-refractivity contribution in [2.45, 2.75) is 58.0 Å². The van der Waals surface area contributed by atoms with Gasteiger partial charge in [0.05, 0.1) is 0 Å². The molecule has 0 aromatic carbocycles. The van der Waals surface area contributed by atoms with Crippen molar-refractivity contribution in [3.8, 4) is 0 Å². The second-order valence-corrected chi connectivity index (χ2v) is 5.68. The van der Waals surface area contributed by atoms with Crippen LogP contribution in [-0.2, 0) is 9.53 Å². The van der Waals surface area contributed by atoms with E-state index in [0.717, 1.165) is 24.7 Å². The predicted molar refractivity (Wildman–Crippen MR) is 68.5 cm³/mol. The van der Waals surface area contributed by atoms with Crippen LogP contribution in [0.5, 0.6) is 0 Å². The highest BCUT2D eigenvalue weighted by molar-refractivity contribution is 5.81. The van der Waals surface area contributed by atoms with Crippen molar-refractivity contribution in [2.24, 2.45) is 17.8 Å². The summed E-state index contributed by atoms with van der Waals surface area (Å²) in [5.41, 5.74) is -0.231. The van der Waals surface area contributed by atoms with Gasteiger partial charge in [-0.15, -0.1) is 0 Å². The largest absolute Gasteiger partial charge is 0.456 e. The summed E-state index contributed by atoms with van der Waals surface area (Å²) < 4.78 is 5.77. The third-order valence-corrected chi connectivity index (χ3v) is 5.08. The molecule has 0 aromatic rings. The third-order valence-electron chi connectivity index (χ3n) is 5.08. The quantitative estimate of drug-likeness (QED) is 0.537. The fraction of sp³-hybridized carbons (Fsp3) is 0.800. The van der Waals surface area contributed by atoms with Gasteiger partial charge in [0.15, 0.2) is 0 Å². The Bertz CT molecular complexity index is 304. The number of hydrogen-bond acceptors (Lipinski definition) is 2. The van der Waals surface area contributed by atoms with E-state index in [9.17, 15) is 4.79 Å². The molecule has 17 heavy (non-hydrogen) atoms. The van der Waals surface area contributed by atoms with E-state index in [0.29, 0.717) is 5.92 Å². The number of fused-ring (bicyclic) bond motifs is 2. The van der Waals surface area contributed by atoms with E-state index in [1.165, 1.54) is 31.8 Å². The Balaban J connectivity index is 2.15. The van der Waals surface area contributed by atoms with Crippen LogP contribution in [0.1, 0.15) is 52.4 Å². The fourth-order valence-corrected chi connectivity index (χ4v) is 4.13. The first kappa shape index (κ1) is 12.7. The second kappa shape index (κ2) is 4.83. The molecule has 0 aromatic heterocycles. The topological polar surface area (TPSA) is 26.3 Å². The van der Waals surface area contributed by atoms with Gasteiger partial charge in [0.1, 0.15) is 5.60 Å². The van der Waals surface area contributed by atoms with Gasteiger partial charge in [-0.05, 0) is 43.9 Å². The molecule has 0 N–H and O–H groups in total. The highest BCUT2D eigenvalue weighted by Gasteiger charge is 2.50. The molecular formula is C15H24O2. The summed E-state index contributed by atoms with van der Waals surface area (Å²) in [5.74, 6) is 2.01. The van der Waals surface area contributed by atoms with Crippen LogP contribution in [-0.4, -0.2) is 11.6 Å². The van der Waals surface area contributed by atoms with Crippen LogP contribution in [0.3, 0.4) is 0 Å². The van der Waals surface area contributed by atoms with Crippen molar-refractivity contribution < 1.29 is 9.53 Å². The number of carbonyl (C=O) groups is 1. The van der Waals surface area contributed by atoms with Crippen LogP contribution in [0.15, 0.2) is 12.7 Å². The van der Waals surface area contributed by atoms with Crippen LogP contribution >= 0.6 is 0 Å². The molecule has 2 aliphatic rings. The van der Waals surface area contributed by atoms with Crippen molar-refractivity contribution >= 4 is 5.97 Å². The lowest BCUT2D eigenvalue weighted by Gasteiger charge is -2.41. The third kappa shape index (κ3) is 2.14. The summed E-state index contributed by atoms with van der Waals surface area (Å²) >= 11 is 0. The standard InChI is InChI=1S/C15H24O2/c1-4-14(16)17-15(5-2,6-3)13-10-11-7-8-12(13)9-11/h4,11-13H,1,5-10H2,2-3H3. The van der Waals surface area contributed by atoms with Gasteiger partial charge in [-0.2, -0.15) is 0 Å². The zero-order valence-electron chi connectivity index (χ0n) is 11.1. The maximum atomic E-state index is 11.6. The minimum absolute atomic E-state index is 0.231. The SMILES string of the molecule is C=CC(=O)OC(CC)(CC)C1CC2CCC1C2. The minimum Gasteiger partial charge on any atom is -0.456 e. The molecule has 0 radical (unpaired) electrons. The highest BCUT2D eigenvalue weighted by atomic mass is 16.6. The summed E-state index contributed by atoms with van der Waals surface area (Å²) in [4.78, 5) is 11.6. The maximum absolute atomic E-state index is 11.6. The van der Waals surface area contributed by atoms with Crippen molar-refractivity contribution in [3.63, 3.8) is 0 Å². The zero-order valence-corrected chi connectivity index (χ0v) is 11.1. The monoisotopic (exact) mass is 236 g/mol. The van der Waals surface area contributed by atoms with Gasteiger partial charge < -0.3 is 4.74 Å². The Morgan fingerprint density at radius 1 is 1.35 bits per heavy atom. The number of carbonyl (C=O) groups excluding carboxylic acids is 1. The summed E-state index contributed by atoms with van der Waals surface area (Å²) in [6.45, 7) is 7.80. The van der Waals surface area contributed by atoms with Crippen molar-refractivity contribution in [3.05, 3.63) is 12.7 Å². The summed E-state index contributed by atoms with van der Waals surface area (Å²) in [6, 6.07) is 0. The van der Waals surface area contributed by atoms with Crippen LogP contribution in [0.25, 0.3) is 0 Å². The molecule has 2 aliphatic carbocycles. The van der Waals surface area contributed by atoms with Gasteiger partial charge >= 0.3 is 5.97 Å². The van der Waals surface area contributed by atoms with Gasteiger partial charge in [-0.3, -0.25) is 0 Å². The van der Waals surface area contributed by atoms with Gasteiger partial charge in [0, 0.05) is 12.0 Å². The molecule has 2 saturated carbocycles. The van der Waals surface area contributed by atoms with Gasteiger partial charge in [0.2, 0.25) is 0 Å². The lowest BCUT2D eigenvalue weighted by Crippen LogP contribution is -2.43. The zero-order chi connectivity index (χ0) is 12.5. The Labute approximate surface area is 104 Å². The molecule has 96 valence electrons. The van der Waals surface area contributed by atoms with Crippen molar-refractivity contribution in [2.75, 3.05) is 0 Å². The van der Waals surface area contributed by atoms with E-state index in [1.807, 2.05) is 0 Å². The molecule has 2 rings (SSSR count). The first-order valence-corrected chi connectivity index (χ1v) is 7.00. The molecule has 2 heteroatoms. The number of ether oxygens (including phenoxy) is 1. The van der Waals surface area contributed by atoms with Crippen LogP contribution < -0.4 is 0 Å². The Morgan fingerprint density at radius 2 is 2.06 bits per heavy atom. The van der Waals surface area contributed by atoms with E-state index < -0.39 is 0 Å². The van der Waals surface area contributed by atoms with Gasteiger partial charge in [-0.25, -0.2) is 4.79 Å². The normalized spacial score (nSPS) is 31.5. The Morgan fingerprint density at radius 3 is 2.47 bits per heavy atom. The van der Waals surface area contributed by atoms with E-state index in [-0.39, 0.29) is 11.6 Å². The average Bonchev–Trinajstić information content (AvgIpc) is 2.98. The number of esters is 1. The molecule has 2 bridgehead atoms. The minimum atomic E-state index is -0.253. The molecular weight excluding hydrogens is 212 g/mol. The molecule has 0 heterocycles. The van der Waals surface area contributed by atoms with E-state index in [2.05, 4.69) is 20.4 Å². The Kier molecular flexibility index (Phi) is 3.60. The summed E-state index contributed by atoms with van der Waals surface area (Å²) in [7, 11) is 0. The van der Waals surface area contributed by atoms with Crippen LogP contribution in [0.2, 0.25) is 0 Å².